The molecule has 1 saturated heterocycles. The van der Waals surface area contributed by atoms with Gasteiger partial charge in [-0.15, -0.1) is 0 Å². The average Bonchev–Trinajstić information content (AvgIpc) is 2.41. The number of ether oxygens (including phenoxy) is 1. The van der Waals surface area contributed by atoms with E-state index in [2.05, 4.69) is 0 Å². The van der Waals surface area contributed by atoms with Crippen molar-refractivity contribution in [2.45, 2.75) is 25.8 Å². The molecule has 0 unspecified atom stereocenters. The minimum atomic E-state index is 0.0479. The topological polar surface area (TPSA) is 55.6 Å². The van der Waals surface area contributed by atoms with E-state index in [-0.39, 0.29) is 11.9 Å². The monoisotopic (exact) mass is 248 g/mol. The highest BCUT2D eigenvalue weighted by atomic mass is 16.5. The van der Waals surface area contributed by atoms with E-state index in [1.165, 1.54) is 0 Å². The highest BCUT2D eigenvalue weighted by Crippen LogP contribution is 2.20. The van der Waals surface area contributed by atoms with Crippen LogP contribution in [0.3, 0.4) is 0 Å². The molecule has 1 aromatic carbocycles. The maximum Gasteiger partial charge on any atom is 0.254 e. The van der Waals surface area contributed by atoms with Crippen LogP contribution in [-0.2, 0) is 4.74 Å². The molecule has 4 heteroatoms. The Labute approximate surface area is 108 Å². The van der Waals surface area contributed by atoms with Crippen molar-refractivity contribution in [3.05, 3.63) is 29.3 Å². The molecule has 0 radical (unpaired) electrons. The van der Waals surface area contributed by atoms with Gasteiger partial charge in [0.1, 0.15) is 0 Å². The van der Waals surface area contributed by atoms with E-state index in [0.717, 1.165) is 31.6 Å². The minimum Gasteiger partial charge on any atom is -0.398 e. The first kappa shape index (κ1) is 12.9. The zero-order valence-corrected chi connectivity index (χ0v) is 11.0. The molecule has 0 atom stereocenters. The van der Waals surface area contributed by atoms with Crippen molar-refractivity contribution in [2.75, 3.05) is 26.0 Å². The second-order valence-corrected chi connectivity index (χ2v) is 4.78. The summed E-state index contributed by atoms with van der Waals surface area (Å²) in [6.45, 7) is 3.36. The van der Waals surface area contributed by atoms with Crippen LogP contribution in [0.2, 0.25) is 0 Å². The second-order valence-electron chi connectivity index (χ2n) is 4.78. The van der Waals surface area contributed by atoms with E-state index in [1.807, 2.05) is 37.1 Å². The van der Waals surface area contributed by atoms with Gasteiger partial charge in [0.25, 0.3) is 5.91 Å². The Kier molecular flexibility index (Phi) is 3.87. The van der Waals surface area contributed by atoms with Gasteiger partial charge in [-0.05, 0) is 37.5 Å². The number of carbonyl (C=O) groups excluding carboxylic acids is 1. The van der Waals surface area contributed by atoms with Gasteiger partial charge >= 0.3 is 0 Å². The molecule has 0 bridgehead atoms. The highest BCUT2D eigenvalue weighted by Gasteiger charge is 2.24. The van der Waals surface area contributed by atoms with Gasteiger partial charge in [0.05, 0.1) is 0 Å². The SMILES string of the molecule is Cc1c(N)cccc1C(=O)N(C)C1CCOCC1. The maximum absolute atomic E-state index is 12.4. The zero-order valence-electron chi connectivity index (χ0n) is 11.0. The number of hydrogen-bond acceptors (Lipinski definition) is 3. The molecule has 1 fully saturated rings. The lowest BCUT2D eigenvalue weighted by molar-refractivity contribution is 0.0362. The molecule has 0 saturated carbocycles. The van der Waals surface area contributed by atoms with Gasteiger partial charge in [-0.1, -0.05) is 6.07 Å². The lowest BCUT2D eigenvalue weighted by atomic mass is 10.0. The molecule has 0 spiro atoms. The maximum atomic E-state index is 12.4. The Bertz CT molecular complexity index is 439. The molecular formula is C14H20N2O2. The molecule has 1 aromatic rings. The number of carbonyl (C=O) groups is 1. The quantitative estimate of drug-likeness (QED) is 0.812. The van der Waals surface area contributed by atoms with Crippen molar-refractivity contribution in [1.29, 1.82) is 0 Å². The summed E-state index contributed by atoms with van der Waals surface area (Å²) in [6.07, 6.45) is 1.81. The predicted octanol–water partition coefficient (Wildman–Crippen LogP) is 1.83. The Hall–Kier alpha value is -1.55. The van der Waals surface area contributed by atoms with Crippen LogP contribution in [0.15, 0.2) is 18.2 Å². The zero-order chi connectivity index (χ0) is 13.1. The van der Waals surface area contributed by atoms with Gasteiger partial charge in [0.2, 0.25) is 0 Å². The molecular weight excluding hydrogens is 228 g/mol. The summed E-state index contributed by atoms with van der Waals surface area (Å²) in [7, 11) is 1.86. The first-order valence-corrected chi connectivity index (χ1v) is 6.31. The number of nitrogens with two attached hydrogens (primary N) is 1. The third kappa shape index (κ3) is 2.48. The molecule has 0 aliphatic carbocycles. The van der Waals surface area contributed by atoms with Gasteiger partial charge in [-0.2, -0.15) is 0 Å². The summed E-state index contributed by atoms with van der Waals surface area (Å²) >= 11 is 0. The Morgan fingerprint density at radius 1 is 1.39 bits per heavy atom. The fraction of sp³-hybridized carbons (Fsp3) is 0.500. The largest absolute Gasteiger partial charge is 0.398 e. The lowest BCUT2D eigenvalue weighted by Crippen LogP contribution is -2.40. The van der Waals surface area contributed by atoms with Crippen molar-refractivity contribution in [1.82, 2.24) is 4.90 Å². The van der Waals surface area contributed by atoms with Crippen LogP contribution in [0.5, 0.6) is 0 Å². The number of rotatable bonds is 2. The smallest absolute Gasteiger partial charge is 0.254 e. The van der Waals surface area contributed by atoms with Crippen LogP contribution < -0.4 is 5.73 Å². The standard InChI is InChI=1S/C14H20N2O2/c1-10-12(4-3-5-13(10)15)14(17)16(2)11-6-8-18-9-7-11/h3-5,11H,6-9,15H2,1-2H3. The highest BCUT2D eigenvalue weighted by molar-refractivity contribution is 5.96. The van der Waals surface area contributed by atoms with Gasteiger partial charge in [0.15, 0.2) is 0 Å². The van der Waals surface area contributed by atoms with Crippen molar-refractivity contribution in [3.8, 4) is 0 Å². The van der Waals surface area contributed by atoms with Gasteiger partial charge in [-0.3, -0.25) is 4.79 Å². The van der Waals surface area contributed by atoms with E-state index in [0.29, 0.717) is 11.3 Å². The van der Waals surface area contributed by atoms with Crippen LogP contribution >= 0.6 is 0 Å². The fourth-order valence-corrected chi connectivity index (χ4v) is 2.31. The summed E-state index contributed by atoms with van der Waals surface area (Å²) in [5.74, 6) is 0.0479. The van der Waals surface area contributed by atoms with Crippen molar-refractivity contribution < 1.29 is 9.53 Å². The fourth-order valence-electron chi connectivity index (χ4n) is 2.31. The number of nitrogen functional groups attached to an aromatic ring is 1. The number of hydrogen-bond donors (Lipinski definition) is 1. The van der Waals surface area contributed by atoms with E-state index in [1.54, 1.807) is 0 Å². The second kappa shape index (κ2) is 5.40. The summed E-state index contributed by atoms with van der Waals surface area (Å²) in [5, 5.41) is 0. The third-order valence-corrected chi connectivity index (χ3v) is 3.66. The molecule has 18 heavy (non-hydrogen) atoms. The average molecular weight is 248 g/mol. The first-order chi connectivity index (χ1) is 8.61. The lowest BCUT2D eigenvalue weighted by Gasteiger charge is -2.31. The normalized spacial score (nSPS) is 16.6. The number of nitrogens with zero attached hydrogens (tertiary/aromatic N) is 1. The van der Waals surface area contributed by atoms with E-state index < -0.39 is 0 Å². The molecule has 4 nitrogen and oxygen atoms in total. The van der Waals surface area contributed by atoms with E-state index in [9.17, 15) is 4.79 Å². The van der Waals surface area contributed by atoms with Crippen molar-refractivity contribution in [3.63, 3.8) is 0 Å². The summed E-state index contributed by atoms with van der Waals surface area (Å²) in [4.78, 5) is 14.3. The molecule has 2 rings (SSSR count). The van der Waals surface area contributed by atoms with E-state index >= 15 is 0 Å². The van der Waals surface area contributed by atoms with Gasteiger partial charge < -0.3 is 15.4 Å². The summed E-state index contributed by atoms with van der Waals surface area (Å²) in [5.41, 5.74) is 8.07. The van der Waals surface area contributed by atoms with Crippen molar-refractivity contribution >= 4 is 11.6 Å². The number of amides is 1. The predicted molar refractivity (Wildman–Crippen MR) is 71.5 cm³/mol. The summed E-state index contributed by atoms with van der Waals surface area (Å²) < 4.78 is 5.32. The Balaban J connectivity index is 2.17. The summed E-state index contributed by atoms with van der Waals surface area (Å²) in [6, 6.07) is 5.75. The van der Waals surface area contributed by atoms with Crippen LogP contribution in [0.25, 0.3) is 0 Å². The molecule has 1 aliphatic rings. The minimum absolute atomic E-state index is 0.0479. The molecule has 1 aliphatic heterocycles. The number of anilines is 1. The van der Waals surface area contributed by atoms with E-state index in [4.69, 9.17) is 10.5 Å². The Morgan fingerprint density at radius 3 is 2.72 bits per heavy atom. The molecule has 98 valence electrons. The van der Waals surface area contributed by atoms with Crippen LogP contribution in [0.1, 0.15) is 28.8 Å². The third-order valence-electron chi connectivity index (χ3n) is 3.66. The molecule has 1 amide bonds. The molecule has 0 aromatic heterocycles. The molecule has 2 N–H and O–H groups in total. The van der Waals surface area contributed by atoms with Crippen molar-refractivity contribution in [2.24, 2.45) is 0 Å². The Morgan fingerprint density at radius 2 is 2.06 bits per heavy atom. The van der Waals surface area contributed by atoms with Crippen LogP contribution in [0.4, 0.5) is 5.69 Å². The van der Waals surface area contributed by atoms with Gasteiger partial charge in [0, 0.05) is 37.6 Å². The van der Waals surface area contributed by atoms with Crippen LogP contribution in [0, 0.1) is 6.92 Å². The van der Waals surface area contributed by atoms with Gasteiger partial charge in [-0.25, -0.2) is 0 Å². The van der Waals surface area contributed by atoms with Crippen LogP contribution in [-0.4, -0.2) is 37.1 Å². The number of benzene rings is 1. The first-order valence-electron chi connectivity index (χ1n) is 6.31. The molecule has 1 heterocycles.